The summed E-state index contributed by atoms with van der Waals surface area (Å²) in [7, 11) is -2.22. The molecule has 1 aliphatic heterocycles. The Hall–Kier alpha value is -0.660. The lowest BCUT2D eigenvalue weighted by molar-refractivity contribution is -0.149. The molecule has 1 rings (SSSR count). The van der Waals surface area contributed by atoms with Gasteiger partial charge >= 0.3 is 5.97 Å². The molecule has 6 nitrogen and oxygen atoms in total. The van der Waals surface area contributed by atoms with E-state index in [2.05, 4.69) is 4.74 Å². The highest BCUT2D eigenvalue weighted by molar-refractivity contribution is 7.89. The van der Waals surface area contributed by atoms with Crippen LogP contribution in [0.2, 0.25) is 0 Å². The number of methoxy groups -OCH3 is 1. The van der Waals surface area contributed by atoms with E-state index in [1.54, 1.807) is 0 Å². The molecule has 0 amide bonds. The number of rotatable bonds is 4. The van der Waals surface area contributed by atoms with Gasteiger partial charge in [0.1, 0.15) is 6.04 Å². The normalized spacial score (nSPS) is 22.2. The van der Waals surface area contributed by atoms with Gasteiger partial charge in [0.05, 0.1) is 26.1 Å². The highest BCUT2D eigenvalue weighted by atomic mass is 32.2. The average molecular weight is 293 g/mol. The lowest BCUT2D eigenvalue weighted by Gasteiger charge is -2.33. The third-order valence-electron chi connectivity index (χ3n) is 3.02. The Morgan fingerprint density at radius 1 is 1.42 bits per heavy atom. The van der Waals surface area contributed by atoms with E-state index in [1.807, 2.05) is 20.8 Å². The zero-order chi connectivity index (χ0) is 14.7. The van der Waals surface area contributed by atoms with Gasteiger partial charge in [0, 0.05) is 6.54 Å². The highest BCUT2D eigenvalue weighted by Gasteiger charge is 2.38. The Labute approximate surface area is 115 Å². The summed E-state index contributed by atoms with van der Waals surface area (Å²) in [5, 5.41) is 0. The molecule has 112 valence electrons. The lowest BCUT2D eigenvalue weighted by atomic mass is 9.94. The van der Waals surface area contributed by atoms with E-state index < -0.39 is 22.0 Å². The monoisotopic (exact) mass is 293 g/mol. The molecular formula is C12H23NO5S. The molecule has 0 bridgehead atoms. The van der Waals surface area contributed by atoms with Gasteiger partial charge in [-0.3, -0.25) is 4.79 Å². The van der Waals surface area contributed by atoms with E-state index in [0.717, 1.165) is 0 Å². The van der Waals surface area contributed by atoms with Crippen LogP contribution in [0.3, 0.4) is 0 Å². The third kappa shape index (κ3) is 4.74. The summed E-state index contributed by atoms with van der Waals surface area (Å²) < 4.78 is 35.7. The molecule has 0 aromatic carbocycles. The average Bonchev–Trinajstić information content (AvgIpc) is 2.35. The fourth-order valence-corrected chi connectivity index (χ4v) is 3.79. The van der Waals surface area contributed by atoms with Crippen LogP contribution in [0.1, 0.15) is 27.2 Å². The highest BCUT2D eigenvalue weighted by Crippen LogP contribution is 2.22. The van der Waals surface area contributed by atoms with Gasteiger partial charge in [-0.05, 0) is 11.8 Å². The molecule has 0 spiro atoms. The van der Waals surface area contributed by atoms with Crippen molar-refractivity contribution >= 4 is 16.0 Å². The third-order valence-corrected chi connectivity index (χ3v) is 4.89. The van der Waals surface area contributed by atoms with Crippen LogP contribution in [0.25, 0.3) is 0 Å². The van der Waals surface area contributed by atoms with Crippen LogP contribution in [0.5, 0.6) is 0 Å². The largest absolute Gasteiger partial charge is 0.468 e. The van der Waals surface area contributed by atoms with Crippen LogP contribution in [0.4, 0.5) is 0 Å². The summed E-state index contributed by atoms with van der Waals surface area (Å²) in [6.07, 6.45) is 0.542. The second-order valence-electron chi connectivity index (χ2n) is 5.85. The molecule has 1 heterocycles. The molecule has 1 unspecified atom stereocenters. The molecule has 19 heavy (non-hydrogen) atoms. The molecule has 0 aromatic rings. The molecule has 1 saturated heterocycles. The second-order valence-corrected chi connectivity index (χ2v) is 7.89. The summed E-state index contributed by atoms with van der Waals surface area (Å²) >= 11 is 0. The minimum atomic E-state index is -3.47. The molecule has 1 fully saturated rings. The topological polar surface area (TPSA) is 72.9 Å². The zero-order valence-electron chi connectivity index (χ0n) is 12.0. The molecule has 1 aliphatic rings. The summed E-state index contributed by atoms with van der Waals surface area (Å²) in [5.41, 5.74) is -0.0693. The maximum Gasteiger partial charge on any atom is 0.326 e. The summed E-state index contributed by atoms with van der Waals surface area (Å²) in [6, 6.07) is -0.858. The van der Waals surface area contributed by atoms with Crippen LogP contribution in [-0.2, 0) is 24.3 Å². The first kappa shape index (κ1) is 16.4. The fourth-order valence-electron chi connectivity index (χ4n) is 1.80. The van der Waals surface area contributed by atoms with Gasteiger partial charge in [0.2, 0.25) is 10.0 Å². The van der Waals surface area contributed by atoms with E-state index >= 15 is 0 Å². The SMILES string of the molecule is COC(=O)C1COCCN1S(=O)(=O)CCC(C)(C)C. The van der Waals surface area contributed by atoms with Gasteiger partial charge < -0.3 is 9.47 Å². The van der Waals surface area contributed by atoms with Gasteiger partial charge in [-0.2, -0.15) is 4.31 Å². The van der Waals surface area contributed by atoms with Crippen molar-refractivity contribution in [3.05, 3.63) is 0 Å². The van der Waals surface area contributed by atoms with E-state index in [1.165, 1.54) is 11.4 Å². The Morgan fingerprint density at radius 3 is 2.58 bits per heavy atom. The molecular weight excluding hydrogens is 270 g/mol. The predicted molar refractivity (Wildman–Crippen MR) is 71.2 cm³/mol. The van der Waals surface area contributed by atoms with Gasteiger partial charge in [0.15, 0.2) is 0 Å². The summed E-state index contributed by atoms with van der Waals surface area (Å²) in [5.74, 6) is -0.539. The van der Waals surface area contributed by atoms with Gasteiger partial charge in [-0.1, -0.05) is 20.8 Å². The Morgan fingerprint density at radius 2 is 2.05 bits per heavy atom. The van der Waals surface area contributed by atoms with E-state index in [9.17, 15) is 13.2 Å². The molecule has 0 radical (unpaired) electrons. The maximum absolute atomic E-state index is 12.3. The zero-order valence-corrected chi connectivity index (χ0v) is 12.8. The first-order chi connectivity index (χ1) is 8.67. The molecule has 7 heteroatoms. The number of esters is 1. The number of hydrogen-bond acceptors (Lipinski definition) is 5. The molecule has 0 N–H and O–H groups in total. The van der Waals surface area contributed by atoms with Gasteiger partial charge in [0.25, 0.3) is 0 Å². The van der Waals surface area contributed by atoms with Gasteiger partial charge in [-0.15, -0.1) is 0 Å². The van der Waals surface area contributed by atoms with Crippen LogP contribution in [0, 0.1) is 5.41 Å². The summed E-state index contributed by atoms with van der Waals surface area (Å²) in [6.45, 7) is 6.52. The summed E-state index contributed by atoms with van der Waals surface area (Å²) in [4.78, 5) is 11.6. The van der Waals surface area contributed by atoms with Crippen molar-refractivity contribution in [2.24, 2.45) is 5.41 Å². The predicted octanol–water partition coefficient (Wildman–Crippen LogP) is 0.626. The van der Waals surface area contributed by atoms with E-state index in [-0.39, 0.29) is 24.3 Å². The fraction of sp³-hybridized carbons (Fsp3) is 0.917. The van der Waals surface area contributed by atoms with Crippen molar-refractivity contribution in [1.82, 2.24) is 4.31 Å². The van der Waals surface area contributed by atoms with Crippen molar-refractivity contribution in [1.29, 1.82) is 0 Å². The van der Waals surface area contributed by atoms with Crippen molar-refractivity contribution in [3.63, 3.8) is 0 Å². The van der Waals surface area contributed by atoms with E-state index in [0.29, 0.717) is 13.0 Å². The minimum absolute atomic E-state index is 0.0317. The first-order valence-corrected chi connectivity index (χ1v) is 7.93. The van der Waals surface area contributed by atoms with Crippen LogP contribution >= 0.6 is 0 Å². The maximum atomic E-state index is 12.3. The Balaban J connectivity index is 2.81. The first-order valence-electron chi connectivity index (χ1n) is 6.32. The lowest BCUT2D eigenvalue weighted by Crippen LogP contribution is -2.53. The molecule has 0 saturated carbocycles. The van der Waals surface area contributed by atoms with Crippen molar-refractivity contribution < 1.29 is 22.7 Å². The van der Waals surface area contributed by atoms with Gasteiger partial charge in [-0.25, -0.2) is 8.42 Å². The Bertz CT molecular complexity index is 412. The number of ether oxygens (including phenoxy) is 2. The van der Waals surface area contributed by atoms with Crippen molar-refractivity contribution in [2.75, 3.05) is 32.6 Å². The van der Waals surface area contributed by atoms with E-state index in [4.69, 9.17) is 4.74 Å². The number of hydrogen-bond donors (Lipinski definition) is 0. The van der Waals surface area contributed by atoms with Crippen LogP contribution < -0.4 is 0 Å². The molecule has 0 aliphatic carbocycles. The van der Waals surface area contributed by atoms with Crippen molar-refractivity contribution in [3.8, 4) is 0 Å². The minimum Gasteiger partial charge on any atom is -0.468 e. The Kier molecular flexibility index (Phi) is 5.34. The van der Waals surface area contributed by atoms with Crippen LogP contribution in [0.15, 0.2) is 0 Å². The second kappa shape index (κ2) is 6.19. The van der Waals surface area contributed by atoms with Crippen LogP contribution in [-0.4, -0.2) is 57.4 Å². The number of carbonyl (C=O) groups is 1. The number of morpholine rings is 1. The number of carbonyl (C=O) groups excluding carboxylic acids is 1. The molecule has 0 aromatic heterocycles. The number of nitrogens with zero attached hydrogens (tertiary/aromatic N) is 1. The smallest absolute Gasteiger partial charge is 0.326 e. The van der Waals surface area contributed by atoms with Crippen molar-refractivity contribution in [2.45, 2.75) is 33.2 Å². The molecule has 1 atom stereocenters. The standard InChI is InChI=1S/C12H23NO5S/c1-12(2,3)5-8-19(15,16)13-6-7-18-9-10(13)11(14)17-4/h10H,5-9H2,1-4H3. The quantitative estimate of drug-likeness (QED) is 0.711. The number of sulfonamides is 1.